The minimum atomic E-state index is 0.0594. The summed E-state index contributed by atoms with van der Waals surface area (Å²) in [5.41, 5.74) is 3.36. The summed E-state index contributed by atoms with van der Waals surface area (Å²) in [6.07, 6.45) is 0. The van der Waals surface area contributed by atoms with Crippen LogP contribution in [0.1, 0.15) is 31.9 Å². The number of quaternary nitrogens is 1. The van der Waals surface area contributed by atoms with Gasteiger partial charge in [-0.1, -0.05) is 20.8 Å². The monoisotopic (exact) mass is 335 g/mol. The summed E-state index contributed by atoms with van der Waals surface area (Å²) >= 11 is 0. The molecule has 0 bridgehead atoms. The highest BCUT2D eigenvalue weighted by Crippen LogP contribution is 2.36. The Hall–Kier alpha value is -1.30. The van der Waals surface area contributed by atoms with Gasteiger partial charge in [-0.3, -0.25) is 0 Å². The van der Waals surface area contributed by atoms with Crippen LogP contribution in [-0.4, -0.2) is 57.7 Å². The summed E-state index contributed by atoms with van der Waals surface area (Å²) in [6, 6.07) is 4.36. The fourth-order valence-corrected chi connectivity index (χ4v) is 3.40. The smallest absolute Gasteiger partial charge is 0.147 e. The average Bonchev–Trinajstić information content (AvgIpc) is 2.57. The Morgan fingerprint density at radius 1 is 1.04 bits per heavy atom. The minimum Gasteiger partial charge on any atom is -0.505 e. The number of anilines is 1. The second kappa shape index (κ2) is 7.30. The van der Waals surface area contributed by atoms with Gasteiger partial charge >= 0.3 is 0 Å². The van der Waals surface area contributed by atoms with E-state index in [1.807, 2.05) is 0 Å². The van der Waals surface area contributed by atoms with Crippen LogP contribution < -0.4 is 9.80 Å². The lowest BCUT2D eigenvalue weighted by atomic mass is 9.85. The number of aromatic hydroxyl groups is 1. The van der Waals surface area contributed by atoms with Gasteiger partial charge in [-0.15, -0.1) is 0 Å². The highest BCUT2D eigenvalue weighted by atomic mass is 16.5. The molecule has 5 heteroatoms. The molecule has 0 atom stereocenters. The molecule has 0 aromatic heterocycles. The van der Waals surface area contributed by atoms with Crippen LogP contribution in [0.3, 0.4) is 0 Å². The van der Waals surface area contributed by atoms with Crippen molar-refractivity contribution >= 4 is 5.69 Å². The summed E-state index contributed by atoms with van der Waals surface area (Å²) in [6.45, 7) is 14.3. The van der Waals surface area contributed by atoms with Crippen LogP contribution >= 0.6 is 0 Å². The second-order valence-corrected chi connectivity index (χ2v) is 7.89. The Kier molecular flexibility index (Phi) is 5.33. The standard InChI is InChI=1S/C19H30N2O3/c1-19(2,3)16-12-15(14-20-4-8-23-9-5-20)18(22)17(13-16)21-6-10-24-11-7-21/h12-13,22H,4-11,14H2,1-3H3/p+1. The lowest BCUT2D eigenvalue weighted by Gasteiger charge is -2.32. The van der Waals surface area contributed by atoms with Gasteiger partial charge in [0, 0.05) is 13.1 Å². The summed E-state index contributed by atoms with van der Waals surface area (Å²) in [5, 5.41) is 10.9. The first-order chi connectivity index (χ1) is 11.4. The molecule has 0 spiro atoms. The largest absolute Gasteiger partial charge is 0.505 e. The molecule has 1 aromatic carbocycles. The van der Waals surface area contributed by atoms with Gasteiger partial charge in [0.05, 0.1) is 37.7 Å². The Labute approximate surface area is 145 Å². The van der Waals surface area contributed by atoms with Crippen molar-refractivity contribution in [3.8, 4) is 5.75 Å². The fourth-order valence-electron chi connectivity index (χ4n) is 3.40. The van der Waals surface area contributed by atoms with E-state index in [0.29, 0.717) is 5.75 Å². The van der Waals surface area contributed by atoms with Crippen molar-refractivity contribution in [3.05, 3.63) is 23.3 Å². The highest BCUT2D eigenvalue weighted by molar-refractivity contribution is 5.64. The molecular weight excluding hydrogens is 304 g/mol. The van der Waals surface area contributed by atoms with Crippen LogP contribution in [0.25, 0.3) is 0 Å². The van der Waals surface area contributed by atoms with Gasteiger partial charge in [0.25, 0.3) is 0 Å². The van der Waals surface area contributed by atoms with Crippen LogP contribution in [0.5, 0.6) is 5.75 Å². The number of ether oxygens (including phenoxy) is 2. The van der Waals surface area contributed by atoms with E-state index in [0.717, 1.165) is 70.4 Å². The predicted octanol–water partition coefficient (Wildman–Crippen LogP) is 0.941. The molecule has 1 aromatic rings. The van der Waals surface area contributed by atoms with E-state index in [2.05, 4.69) is 37.8 Å². The zero-order valence-corrected chi connectivity index (χ0v) is 15.2. The number of hydrogen-bond donors (Lipinski definition) is 2. The number of nitrogens with zero attached hydrogens (tertiary/aromatic N) is 1. The van der Waals surface area contributed by atoms with Crippen molar-refractivity contribution in [1.29, 1.82) is 0 Å². The van der Waals surface area contributed by atoms with Gasteiger partial charge in [0.2, 0.25) is 0 Å². The molecule has 2 fully saturated rings. The molecule has 5 nitrogen and oxygen atoms in total. The zero-order valence-electron chi connectivity index (χ0n) is 15.2. The molecule has 2 N–H and O–H groups in total. The molecule has 2 aliphatic heterocycles. The van der Waals surface area contributed by atoms with E-state index in [1.165, 1.54) is 10.5 Å². The van der Waals surface area contributed by atoms with Crippen LogP contribution in [0.2, 0.25) is 0 Å². The molecule has 0 amide bonds. The Balaban J connectivity index is 1.93. The zero-order chi connectivity index (χ0) is 17.2. The fraction of sp³-hybridized carbons (Fsp3) is 0.684. The van der Waals surface area contributed by atoms with Gasteiger partial charge in [0.1, 0.15) is 25.4 Å². The molecule has 24 heavy (non-hydrogen) atoms. The van der Waals surface area contributed by atoms with Crippen LogP contribution in [0, 0.1) is 0 Å². The normalized spacial score (nSPS) is 20.4. The lowest BCUT2D eigenvalue weighted by Crippen LogP contribution is -3.12. The van der Waals surface area contributed by atoms with Gasteiger partial charge in [-0.2, -0.15) is 0 Å². The summed E-state index contributed by atoms with van der Waals surface area (Å²) < 4.78 is 10.9. The predicted molar refractivity (Wildman–Crippen MR) is 95.1 cm³/mol. The Morgan fingerprint density at radius 3 is 2.29 bits per heavy atom. The first kappa shape index (κ1) is 17.5. The first-order valence-electron chi connectivity index (χ1n) is 9.05. The molecule has 134 valence electrons. The maximum absolute atomic E-state index is 10.9. The summed E-state index contributed by atoms with van der Waals surface area (Å²) in [7, 11) is 0. The summed E-state index contributed by atoms with van der Waals surface area (Å²) in [5.74, 6) is 0.448. The average molecular weight is 335 g/mol. The third-order valence-electron chi connectivity index (χ3n) is 5.03. The number of hydrogen-bond acceptors (Lipinski definition) is 4. The van der Waals surface area contributed by atoms with E-state index in [4.69, 9.17) is 9.47 Å². The maximum Gasteiger partial charge on any atom is 0.147 e. The SMILES string of the molecule is CC(C)(C)c1cc(C[NH+]2CCOCC2)c(O)c(N2CCOCC2)c1. The topological polar surface area (TPSA) is 46.4 Å². The van der Waals surface area contributed by atoms with E-state index >= 15 is 0 Å². The van der Waals surface area contributed by atoms with Gasteiger partial charge in [-0.05, 0) is 23.1 Å². The molecule has 0 aliphatic carbocycles. The number of benzene rings is 1. The van der Waals surface area contributed by atoms with E-state index < -0.39 is 0 Å². The number of morpholine rings is 2. The quantitative estimate of drug-likeness (QED) is 0.863. The van der Waals surface area contributed by atoms with Crippen molar-refractivity contribution in [1.82, 2.24) is 0 Å². The Bertz CT molecular complexity index is 556. The summed E-state index contributed by atoms with van der Waals surface area (Å²) in [4.78, 5) is 3.74. The van der Waals surface area contributed by atoms with Crippen LogP contribution in [0.4, 0.5) is 5.69 Å². The highest BCUT2D eigenvalue weighted by Gasteiger charge is 2.25. The molecule has 0 radical (unpaired) electrons. The van der Waals surface area contributed by atoms with Crippen LogP contribution in [-0.2, 0) is 21.4 Å². The molecule has 2 aliphatic rings. The number of nitrogens with one attached hydrogen (secondary N) is 1. The number of rotatable bonds is 3. The Morgan fingerprint density at radius 2 is 1.67 bits per heavy atom. The second-order valence-electron chi connectivity index (χ2n) is 7.89. The van der Waals surface area contributed by atoms with Crippen molar-refractivity contribution in [2.45, 2.75) is 32.7 Å². The lowest BCUT2D eigenvalue weighted by molar-refractivity contribution is -0.921. The third kappa shape index (κ3) is 4.02. The molecule has 2 saturated heterocycles. The molecule has 3 rings (SSSR count). The maximum atomic E-state index is 10.9. The molecule has 0 saturated carbocycles. The molecule has 0 unspecified atom stereocenters. The van der Waals surface area contributed by atoms with Crippen molar-refractivity contribution in [2.24, 2.45) is 0 Å². The van der Waals surface area contributed by atoms with Gasteiger partial charge < -0.3 is 24.4 Å². The van der Waals surface area contributed by atoms with Gasteiger partial charge in [-0.25, -0.2) is 0 Å². The number of phenols is 1. The van der Waals surface area contributed by atoms with E-state index in [9.17, 15) is 5.11 Å². The van der Waals surface area contributed by atoms with E-state index in [1.54, 1.807) is 0 Å². The minimum absolute atomic E-state index is 0.0594. The third-order valence-corrected chi connectivity index (χ3v) is 5.03. The first-order valence-corrected chi connectivity index (χ1v) is 9.05. The van der Waals surface area contributed by atoms with Gasteiger partial charge in [0.15, 0.2) is 0 Å². The molecular formula is C19H31N2O3+. The van der Waals surface area contributed by atoms with Crippen molar-refractivity contribution in [3.63, 3.8) is 0 Å². The molecule has 2 heterocycles. The van der Waals surface area contributed by atoms with Crippen molar-refractivity contribution < 1.29 is 19.5 Å². The van der Waals surface area contributed by atoms with E-state index in [-0.39, 0.29) is 5.41 Å². The van der Waals surface area contributed by atoms with Crippen molar-refractivity contribution in [2.75, 3.05) is 57.5 Å². The van der Waals surface area contributed by atoms with Crippen LogP contribution in [0.15, 0.2) is 12.1 Å². The number of phenolic OH excluding ortho intramolecular Hbond substituents is 1.